The lowest BCUT2D eigenvalue weighted by atomic mass is 10.1. The van der Waals surface area contributed by atoms with Gasteiger partial charge in [-0.1, -0.05) is 48.0 Å². The summed E-state index contributed by atoms with van der Waals surface area (Å²) in [5.74, 6) is -0.401. The Balaban J connectivity index is 2.13. The zero-order valence-corrected chi connectivity index (χ0v) is 21.8. The van der Waals surface area contributed by atoms with Gasteiger partial charge in [0.25, 0.3) is 0 Å². The van der Waals surface area contributed by atoms with Crippen molar-refractivity contribution in [3.63, 3.8) is 0 Å². The minimum absolute atomic E-state index is 0.115. The highest BCUT2D eigenvalue weighted by Crippen LogP contribution is 2.28. The van der Waals surface area contributed by atoms with Crippen LogP contribution >= 0.6 is 11.6 Å². The fraction of sp³-hybridized carbons (Fsp3) is 0.440. The SMILES string of the molecule is CCNC(=O)[C@H](C)N(CCc1ccccc1)C(=O)CCCN(c1cccc(Cl)c1C)S(C)(=O)=O. The van der Waals surface area contributed by atoms with Gasteiger partial charge in [-0.3, -0.25) is 13.9 Å². The summed E-state index contributed by atoms with van der Waals surface area (Å²) in [5.41, 5.74) is 2.23. The number of hydrogen-bond acceptors (Lipinski definition) is 4. The smallest absolute Gasteiger partial charge is 0.242 e. The largest absolute Gasteiger partial charge is 0.355 e. The third-order valence-corrected chi connectivity index (χ3v) is 7.25. The Morgan fingerprint density at radius 2 is 1.74 bits per heavy atom. The average Bonchev–Trinajstić information content (AvgIpc) is 2.79. The van der Waals surface area contributed by atoms with Gasteiger partial charge in [0.2, 0.25) is 21.8 Å². The van der Waals surface area contributed by atoms with E-state index in [4.69, 9.17) is 11.6 Å². The van der Waals surface area contributed by atoms with E-state index in [9.17, 15) is 18.0 Å². The minimum Gasteiger partial charge on any atom is -0.355 e. The van der Waals surface area contributed by atoms with Crippen molar-refractivity contribution in [2.24, 2.45) is 0 Å². The van der Waals surface area contributed by atoms with Gasteiger partial charge in [-0.05, 0) is 56.9 Å². The van der Waals surface area contributed by atoms with Gasteiger partial charge < -0.3 is 10.2 Å². The fourth-order valence-corrected chi connectivity index (χ4v) is 4.93. The normalized spacial score (nSPS) is 12.1. The third-order valence-electron chi connectivity index (χ3n) is 5.66. The number of halogens is 1. The highest BCUT2D eigenvalue weighted by molar-refractivity contribution is 7.92. The Hall–Kier alpha value is -2.58. The van der Waals surface area contributed by atoms with Gasteiger partial charge >= 0.3 is 0 Å². The van der Waals surface area contributed by atoms with Crippen molar-refractivity contribution in [1.82, 2.24) is 10.2 Å². The molecule has 9 heteroatoms. The van der Waals surface area contributed by atoms with E-state index < -0.39 is 16.1 Å². The van der Waals surface area contributed by atoms with Crippen LogP contribution in [0.1, 0.15) is 37.8 Å². The minimum atomic E-state index is -3.57. The first-order chi connectivity index (χ1) is 16.1. The van der Waals surface area contributed by atoms with Crippen molar-refractivity contribution in [2.75, 3.05) is 30.2 Å². The monoisotopic (exact) mass is 507 g/mol. The highest BCUT2D eigenvalue weighted by Gasteiger charge is 2.26. The molecule has 7 nitrogen and oxygen atoms in total. The molecule has 1 N–H and O–H groups in total. The van der Waals surface area contributed by atoms with Gasteiger partial charge in [-0.2, -0.15) is 0 Å². The molecule has 0 aromatic heterocycles. The number of carbonyl (C=O) groups excluding carboxylic acids is 2. The lowest BCUT2D eigenvalue weighted by Crippen LogP contribution is -2.48. The summed E-state index contributed by atoms with van der Waals surface area (Å²) < 4.78 is 26.2. The number of carbonyl (C=O) groups is 2. The Morgan fingerprint density at radius 1 is 1.06 bits per heavy atom. The van der Waals surface area contributed by atoms with Crippen molar-refractivity contribution in [3.05, 3.63) is 64.7 Å². The van der Waals surface area contributed by atoms with E-state index in [-0.39, 0.29) is 24.8 Å². The summed E-state index contributed by atoms with van der Waals surface area (Å²) in [6, 6.07) is 14.3. The van der Waals surface area contributed by atoms with Crippen LogP contribution in [0.15, 0.2) is 48.5 Å². The van der Waals surface area contributed by atoms with E-state index >= 15 is 0 Å². The Bertz CT molecular complexity index is 1080. The number of nitrogens with one attached hydrogen (secondary N) is 1. The van der Waals surface area contributed by atoms with Crippen LogP contribution in [0.4, 0.5) is 5.69 Å². The molecule has 2 aromatic rings. The lowest BCUT2D eigenvalue weighted by Gasteiger charge is -2.29. The van der Waals surface area contributed by atoms with Gasteiger partial charge in [0.15, 0.2) is 0 Å². The summed E-state index contributed by atoms with van der Waals surface area (Å²) in [5, 5.41) is 3.25. The molecule has 34 heavy (non-hydrogen) atoms. The number of nitrogens with zero attached hydrogens (tertiary/aromatic N) is 2. The van der Waals surface area contributed by atoms with Crippen LogP contribution in [0.2, 0.25) is 5.02 Å². The summed E-state index contributed by atoms with van der Waals surface area (Å²) in [6.45, 7) is 6.31. The van der Waals surface area contributed by atoms with Crippen molar-refractivity contribution in [1.29, 1.82) is 0 Å². The topological polar surface area (TPSA) is 86.8 Å². The molecular weight excluding hydrogens is 474 g/mol. The summed E-state index contributed by atoms with van der Waals surface area (Å²) in [4.78, 5) is 27.2. The maximum Gasteiger partial charge on any atom is 0.242 e. The summed E-state index contributed by atoms with van der Waals surface area (Å²) in [7, 11) is -3.57. The Labute approximate surface area is 208 Å². The molecule has 2 rings (SSSR count). The number of likely N-dealkylation sites (N-methyl/N-ethyl adjacent to an activating group) is 1. The lowest BCUT2D eigenvalue weighted by molar-refractivity contribution is -0.139. The van der Waals surface area contributed by atoms with E-state index in [1.807, 2.05) is 37.3 Å². The molecule has 0 saturated carbocycles. The van der Waals surface area contributed by atoms with Crippen LogP contribution in [0, 0.1) is 6.92 Å². The molecule has 0 unspecified atom stereocenters. The number of benzene rings is 2. The van der Waals surface area contributed by atoms with Crippen molar-refractivity contribution < 1.29 is 18.0 Å². The van der Waals surface area contributed by atoms with Gasteiger partial charge in [0.1, 0.15) is 6.04 Å². The van der Waals surface area contributed by atoms with Crippen molar-refractivity contribution in [2.45, 2.75) is 46.1 Å². The van der Waals surface area contributed by atoms with Gasteiger partial charge in [-0.15, -0.1) is 0 Å². The molecule has 2 amide bonds. The summed E-state index contributed by atoms with van der Waals surface area (Å²) >= 11 is 6.19. The van der Waals surface area contributed by atoms with E-state index in [1.54, 1.807) is 36.9 Å². The van der Waals surface area contributed by atoms with Crippen LogP contribution in [0.3, 0.4) is 0 Å². The van der Waals surface area contributed by atoms with E-state index in [0.717, 1.165) is 11.8 Å². The number of sulfonamides is 1. The van der Waals surface area contributed by atoms with Crippen LogP contribution in [-0.2, 0) is 26.0 Å². The molecule has 1 atom stereocenters. The predicted molar refractivity (Wildman–Crippen MR) is 138 cm³/mol. The first-order valence-corrected chi connectivity index (χ1v) is 13.6. The maximum atomic E-state index is 13.2. The second-order valence-corrected chi connectivity index (χ2v) is 10.5. The van der Waals surface area contributed by atoms with Crippen LogP contribution in [0.25, 0.3) is 0 Å². The number of hydrogen-bond donors (Lipinski definition) is 1. The molecule has 0 bridgehead atoms. The highest BCUT2D eigenvalue weighted by atomic mass is 35.5. The van der Waals surface area contributed by atoms with Crippen LogP contribution in [-0.4, -0.2) is 57.1 Å². The second-order valence-electron chi connectivity index (χ2n) is 8.22. The predicted octanol–water partition coefficient (Wildman–Crippen LogP) is 3.79. The van der Waals surface area contributed by atoms with Gasteiger partial charge in [0.05, 0.1) is 11.9 Å². The maximum absolute atomic E-state index is 13.2. The number of amides is 2. The van der Waals surface area contributed by atoms with Crippen molar-refractivity contribution >= 4 is 39.1 Å². The van der Waals surface area contributed by atoms with E-state index in [2.05, 4.69) is 5.32 Å². The zero-order valence-electron chi connectivity index (χ0n) is 20.3. The Kier molecular flexibility index (Phi) is 10.4. The van der Waals surface area contributed by atoms with Crippen LogP contribution in [0.5, 0.6) is 0 Å². The summed E-state index contributed by atoms with van der Waals surface area (Å²) in [6.07, 6.45) is 2.18. The average molecular weight is 508 g/mol. The molecular formula is C25H34ClN3O4S. The zero-order chi connectivity index (χ0) is 25.3. The molecule has 186 valence electrons. The molecule has 0 aliphatic rings. The molecule has 0 aliphatic heterocycles. The van der Waals surface area contributed by atoms with Gasteiger partial charge in [0, 0.05) is 31.1 Å². The Morgan fingerprint density at radius 3 is 2.35 bits per heavy atom. The first kappa shape index (κ1) is 27.7. The molecule has 0 radical (unpaired) electrons. The van der Waals surface area contributed by atoms with Crippen LogP contribution < -0.4 is 9.62 Å². The molecule has 0 aliphatic carbocycles. The fourth-order valence-electron chi connectivity index (χ4n) is 3.74. The quantitative estimate of drug-likeness (QED) is 0.473. The third kappa shape index (κ3) is 7.74. The standard InChI is InChI=1S/C25H34ClN3O4S/c1-5-27-25(31)20(3)28(18-16-21-11-7-6-8-12-21)24(30)15-10-17-29(34(4,32)33)23-14-9-13-22(26)19(23)2/h6-9,11-14,20H,5,10,15-18H2,1-4H3,(H,27,31)/t20-/m0/s1. The molecule has 0 fully saturated rings. The van der Waals surface area contributed by atoms with Gasteiger partial charge in [-0.25, -0.2) is 8.42 Å². The van der Waals surface area contributed by atoms with E-state index in [0.29, 0.717) is 42.2 Å². The molecule has 0 saturated heterocycles. The molecule has 0 heterocycles. The first-order valence-electron chi connectivity index (χ1n) is 11.4. The molecule has 2 aromatic carbocycles. The second kappa shape index (κ2) is 12.8. The van der Waals surface area contributed by atoms with E-state index in [1.165, 1.54) is 4.31 Å². The number of rotatable bonds is 12. The molecule has 0 spiro atoms. The van der Waals surface area contributed by atoms with Crippen molar-refractivity contribution in [3.8, 4) is 0 Å². The number of anilines is 1.